The highest BCUT2D eigenvalue weighted by molar-refractivity contribution is 5.33. The van der Waals surface area contributed by atoms with Gasteiger partial charge in [0.15, 0.2) is 0 Å². The van der Waals surface area contributed by atoms with Gasteiger partial charge in [-0.25, -0.2) is 8.78 Å². The molecule has 0 unspecified atom stereocenters. The van der Waals surface area contributed by atoms with Crippen molar-refractivity contribution in [3.63, 3.8) is 0 Å². The number of aromatic nitrogens is 2. The van der Waals surface area contributed by atoms with Gasteiger partial charge in [0.1, 0.15) is 5.69 Å². The van der Waals surface area contributed by atoms with Gasteiger partial charge in [-0.15, -0.1) is 0 Å². The summed E-state index contributed by atoms with van der Waals surface area (Å²) in [5.74, 6) is -6.09. The largest absolute Gasteiger partial charge is 0.289 e. The third-order valence-corrected chi connectivity index (χ3v) is 3.19. The average Bonchev–Trinajstić information content (AvgIpc) is 2.53. The predicted octanol–water partition coefficient (Wildman–Crippen LogP) is 3.70. The molecule has 0 N–H and O–H groups in total. The fourth-order valence-electron chi connectivity index (χ4n) is 2.38. The minimum atomic E-state index is -3.18. The lowest BCUT2D eigenvalue weighted by atomic mass is 9.91. The van der Waals surface area contributed by atoms with Crippen molar-refractivity contribution < 1.29 is 17.6 Å². The Bertz CT molecular complexity index is 457. The molecular formula is C12H16F4N2. The van der Waals surface area contributed by atoms with E-state index >= 15 is 0 Å². The Morgan fingerprint density at radius 3 is 2.44 bits per heavy atom. The van der Waals surface area contributed by atoms with E-state index < -0.39 is 24.0 Å². The van der Waals surface area contributed by atoms with Crippen molar-refractivity contribution >= 4 is 0 Å². The molecule has 0 saturated heterocycles. The Morgan fingerprint density at radius 1 is 1.33 bits per heavy atom. The summed E-state index contributed by atoms with van der Waals surface area (Å²) in [5.41, 5.74) is 0.0745. The molecule has 1 aromatic heterocycles. The lowest BCUT2D eigenvalue weighted by Crippen LogP contribution is -2.28. The Labute approximate surface area is 103 Å². The first-order valence-electron chi connectivity index (χ1n) is 5.98. The van der Waals surface area contributed by atoms with Crippen LogP contribution in [-0.4, -0.2) is 15.7 Å². The lowest BCUT2D eigenvalue weighted by Gasteiger charge is -2.24. The van der Waals surface area contributed by atoms with Gasteiger partial charge in [-0.1, -0.05) is 0 Å². The van der Waals surface area contributed by atoms with Crippen LogP contribution >= 0.6 is 0 Å². The van der Waals surface area contributed by atoms with E-state index in [0.717, 1.165) is 0 Å². The third kappa shape index (κ3) is 2.24. The molecule has 0 radical (unpaired) electrons. The average molecular weight is 264 g/mol. The Morgan fingerprint density at radius 2 is 1.94 bits per heavy atom. The molecule has 6 heteroatoms. The van der Waals surface area contributed by atoms with E-state index in [9.17, 15) is 17.6 Å². The quantitative estimate of drug-likeness (QED) is 0.745. The second-order valence-electron chi connectivity index (χ2n) is 5.23. The lowest BCUT2D eigenvalue weighted by molar-refractivity contribution is -0.0174. The van der Waals surface area contributed by atoms with Gasteiger partial charge in [-0.05, 0) is 20.3 Å². The number of halogens is 4. The number of hydrogen-bond acceptors (Lipinski definition) is 1. The fraction of sp³-hybridized carbons (Fsp3) is 0.750. The minimum absolute atomic E-state index is 0.0347. The van der Waals surface area contributed by atoms with Crippen LogP contribution in [0.1, 0.15) is 50.2 Å². The van der Waals surface area contributed by atoms with E-state index in [1.807, 2.05) is 0 Å². The van der Waals surface area contributed by atoms with Crippen LogP contribution in [0, 0.1) is 0 Å². The van der Waals surface area contributed by atoms with Crippen molar-refractivity contribution in [3.05, 3.63) is 17.0 Å². The maximum atomic E-state index is 13.5. The summed E-state index contributed by atoms with van der Waals surface area (Å²) in [6.45, 7) is 4.31. The first kappa shape index (κ1) is 13.4. The molecule has 1 aliphatic carbocycles. The molecule has 18 heavy (non-hydrogen) atoms. The maximum Gasteiger partial charge on any atom is 0.289 e. The van der Waals surface area contributed by atoms with Crippen LogP contribution in [0.5, 0.6) is 0 Å². The predicted molar refractivity (Wildman–Crippen MR) is 59.2 cm³/mol. The third-order valence-electron chi connectivity index (χ3n) is 3.19. The van der Waals surface area contributed by atoms with Crippen molar-refractivity contribution in [3.8, 4) is 0 Å². The molecule has 2 nitrogen and oxygen atoms in total. The van der Waals surface area contributed by atoms with Gasteiger partial charge in [0.2, 0.25) is 0 Å². The van der Waals surface area contributed by atoms with Gasteiger partial charge < -0.3 is 0 Å². The van der Waals surface area contributed by atoms with Crippen LogP contribution in [0.4, 0.5) is 17.6 Å². The highest BCUT2D eigenvalue weighted by Gasteiger charge is 2.42. The molecule has 1 aliphatic rings. The summed E-state index contributed by atoms with van der Waals surface area (Å²) in [4.78, 5) is 0. The van der Waals surface area contributed by atoms with Crippen LogP contribution < -0.4 is 0 Å². The van der Waals surface area contributed by atoms with E-state index in [0.29, 0.717) is 12.6 Å². The molecule has 0 aliphatic heterocycles. The molecular weight excluding hydrogens is 248 g/mol. The zero-order valence-electron chi connectivity index (χ0n) is 10.6. The Hall–Kier alpha value is -1.07. The van der Waals surface area contributed by atoms with E-state index in [4.69, 9.17) is 0 Å². The molecule has 0 saturated carbocycles. The minimum Gasteiger partial charge on any atom is -0.266 e. The van der Waals surface area contributed by atoms with Crippen LogP contribution in [0.25, 0.3) is 0 Å². The van der Waals surface area contributed by atoms with E-state index in [2.05, 4.69) is 5.10 Å². The van der Waals surface area contributed by atoms with Gasteiger partial charge in [0, 0.05) is 37.1 Å². The molecule has 0 aromatic carbocycles. The molecule has 0 fully saturated rings. The zero-order chi connectivity index (χ0) is 13.7. The Kier molecular flexibility index (Phi) is 2.94. The monoisotopic (exact) mass is 264 g/mol. The van der Waals surface area contributed by atoms with Gasteiger partial charge in [-0.2, -0.15) is 13.9 Å². The second-order valence-corrected chi connectivity index (χ2v) is 5.23. The van der Waals surface area contributed by atoms with Gasteiger partial charge in [0.25, 0.3) is 11.8 Å². The summed E-state index contributed by atoms with van der Waals surface area (Å²) in [7, 11) is 0. The number of rotatable bonds is 2. The number of hydrogen-bond donors (Lipinski definition) is 0. The molecule has 2 rings (SSSR count). The zero-order valence-corrected chi connectivity index (χ0v) is 10.6. The first-order chi connectivity index (χ1) is 8.12. The van der Waals surface area contributed by atoms with Crippen LogP contribution in [0.15, 0.2) is 0 Å². The van der Waals surface area contributed by atoms with Crippen molar-refractivity contribution in [2.75, 3.05) is 0 Å². The highest BCUT2D eigenvalue weighted by atomic mass is 19.3. The molecule has 1 aromatic rings. The van der Waals surface area contributed by atoms with Gasteiger partial charge in [-0.3, -0.25) is 4.68 Å². The van der Waals surface area contributed by atoms with Crippen molar-refractivity contribution in [1.82, 2.24) is 9.78 Å². The van der Waals surface area contributed by atoms with E-state index in [1.165, 1.54) is 4.68 Å². The first-order valence-corrected chi connectivity index (χ1v) is 5.98. The SMILES string of the molecule is CC(C)n1nc(C(C)(F)F)c2c1CCC(F)(F)C2. The van der Waals surface area contributed by atoms with Crippen LogP contribution in [0.2, 0.25) is 0 Å². The van der Waals surface area contributed by atoms with Gasteiger partial charge >= 0.3 is 0 Å². The summed E-state index contributed by atoms with van der Waals surface area (Å²) >= 11 is 0. The Balaban J connectivity index is 2.57. The molecule has 0 spiro atoms. The standard InChI is InChI=1S/C12H16F4N2/c1-7(2)18-9-4-5-12(15,16)6-8(9)10(17-18)11(3,13)14/h7H,4-6H2,1-3H3. The van der Waals surface area contributed by atoms with Crippen LogP contribution in [0.3, 0.4) is 0 Å². The van der Waals surface area contributed by atoms with Crippen molar-refractivity contribution in [1.29, 1.82) is 0 Å². The summed E-state index contributed by atoms with van der Waals surface area (Å²) in [6.07, 6.45) is -0.829. The number of alkyl halides is 4. The van der Waals surface area contributed by atoms with E-state index in [1.54, 1.807) is 13.8 Å². The highest BCUT2D eigenvalue weighted by Crippen LogP contribution is 2.40. The molecule has 0 bridgehead atoms. The number of fused-ring (bicyclic) bond motifs is 1. The maximum absolute atomic E-state index is 13.5. The summed E-state index contributed by atoms with van der Waals surface area (Å²) in [6, 6.07) is -0.110. The topological polar surface area (TPSA) is 17.8 Å². The summed E-state index contributed by atoms with van der Waals surface area (Å²) in [5, 5.41) is 3.86. The van der Waals surface area contributed by atoms with E-state index in [-0.39, 0.29) is 24.4 Å². The normalized spacial score (nSPS) is 19.1. The molecule has 0 amide bonds. The smallest absolute Gasteiger partial charge is 0.266 e. The van der Waals surface area contributed by atoms with Crippen molar-refractivity contribution in [2.24, 2.45) is 0 Å². The molecule has 102 valence electrons. The molecule has 1 heterocycles. The van der Waals surface area contributed by atoms with Gasteiger partial charge in [0.05, 0.1) is 0 Å². The number of nitrogens with zero attached hydrogens (tertiary/aromatic N) is 2. The molecule has 0 atom stereocenters. The second kappa shape index (κ2) is 3.96. The van der Waals surface area contributed by atoms with Crippen molar-refractivity contribution in [2.45, 2.75) is 57.9 Å². The summed E-state index contributed by atoms with van der Waals surface area (Å²) < 4.78 is 55.1. The fourth-order valence-corrected chi connectivity index (χ4v) is 2.38. The van der Waals surface area contributed by atoms with Crippen LogP contribution in [-0.2, 0) is 18.8 Å².